The molecule has 1 aromatic rings. The Bertz CT molecular complexity index is 408. The summed E-state index contributed by atoms with van der Waals surface area (Å²) in [5, 5.41) is 0. The Morgan fingerprint density at radius 3 is 2.94 bits per heavy atom. The van der Waals surface area contributed by atoms with Crippen molar-refractivity contribution in [1.82, 2.24) is 4.98 Å². The Morgan fingerprint density at radius 2 is 2.28 bits per heavy atom. The van der Waals surface area contributed by atoms with Gasteiger partial charge in [0, 0.05) is 25.2 Å². The van der Waals surface area contributed by atoms with Gasteiger partial charge < -0.3 is 10.6 Å². The minimum absolute atomic E-state index is 0.315. The molecule has 2 rings (SSSR count). The molecule has 1 fully saturated rings. The van der Waals surface area contributed by atoms with Gasteiger partial charge in [0.25, 0.3) is 0 Å². The molecule has 3 nitrogen and oxygen atoms in total. The third-order valence-electron chi connectivity index (χ3n) is 3.92. The quantitative estimate of drug-likeness (QED) is 0.898. The van der Waals surface area contributed by atoms with Crippen LogP contribution in [0.4, 0.5) is 10.2 Å². The molecule has 0 bridgehead atoms. The summed E-state index contributed by atoms with van der Waals surface area (Å²) in [5.74, 6) is 1.27. The number of hydrogen-bond acceptors (Lipinski definition) is 3. The van der Waals surface area contributed by atoms with Crippen LogP contribution in [0.2, 0.25) is 0 Å². The Morgan fingerprint density at radius 1 is 1.50 bits per heavy atom. The summed E-state index contributed by atoms with van der Waals surface area (Å²) in [7, 11) is 2.04. The monoisotopic (exact) mass is 251 g/mol. The second kappa shape index (κ2) is 5.65. The fourth-order valence-electron chi connectivity index (χ4n) is 2.87. The first-order valence-corrected chi connectivity index (χ1v) is 6.69. The number of halogens is 1. The van der Waals surface area contributed by atoms with Gasteiger partial charge in [0.2, 0.25) is 0 Å². The zero-order valence-electron chi connectivity index (χ0n) is 11.2. The highest BCUT2D eigenvalue weighted by molar-refractivity contribution is 5.47. The average Bonchev–Trinajstić information content (AvgIpc) is 2.37. The van der Waals surface area contributed by atoms with Gasteiger partial charge in [-0.1, -0.05) is 19.8 Å². The molecule has 0 spiro atoms. The van der Waals surface area contributed by atoms with Crippen molar-refractivity contribution in [2.24, 2.45) is 11.7 Å². The van der Waals surface area contributed by atoms with E-state index >= 15 is 0 Å². The highest BCUT2D eigenvalue weighted by atomic mass is 19.1. The Hall–Kier alpha value is -1.16. The van der Waals surface area contributed by atoms with E-state index in [9.17, 15) is 4.39 Å². The van der Waals surface area contributed by atoms with Crippen LogP contribution in [-0.4, -0.2) is 18.1 Å². The van der Waals surface area contributed by atoms with E-state index in [1.807, 2.05) is 7.05 Å². The van der Waals surface area contributed by atoms with Crippen molar-refractivity contribution >= 4 is 5.82 Å². The number of pyridine rings is 1. The number of anilines is 1. The van der Waals surface area contributed by atoms with Crippen LogP contribution in [-0.2, 0) is 6.54 Å². The second-order valence-electron chi connectivity index (χ2n) is 5.38. The van der Waals surface area contributed by atoms with Crippen molar-refractivity contribution in [2.75, 3.05) is 11.9 Å². The van der Waals surface area contributed by atoms with Gasteiger partial charge in [-0.15, -0.1) is 0 Å². The lowest BCUT2D eigenvalue weighted by atomic mass is 9.86. The first-order valence-electron chi connectivity index (χ1n) is 6.69. The predicted octanol–water partition coefficient (Wildman–Crippen LogP) is 2.69. The van der Waals surface area contributed by atoms with E-state index in [0.29, 0.717) is 12.6 Å². The number of aromatic nitrogens is 1. The molecule has 1 aliphatic rings. The summed E-state index contributed by atoms with van der Waals surface area (Å²) in [4.78, 5) is 6.40. The van der Waals surface area contributed by atoms with Crippen molar-refractivity contribution in [1.29, 1.82) is 0 Å². The van der Waals surface area contributed by atoms with E-state index in [1.165, 1.54) is 37.9 Å². The zero-order valence-corrected chi connectivity index (χ0v) is 11.2. The molecular formula is C14H22FN3. The highest BCUT2D eigenvalue weighted by Crippen LogP contribution is 2.30. The molecule has 2 N–H and O–H groups in total. The predicted molar refractivity (Wildman–Crippen MR) is 71.9 cm³/mol. The van der Waals surface area contributed by atoms with Gasteiger partial charge in [0.1, 0.15) is 11.6 Å². The standard InChI is InChI=1S/C14H22FN3/c1-10-4-3-5-13(6-10)18(2)14-11(8-16)7-12(15)9-17-14/h7,9-10,13H,3-6,8,16H2,1-2H3. The van der Waals surface area contributed by atoms with Gasteiger partial charge in [-0.05, 0) is 24.8 Å². The third-order valence-corrected chi connectivity index (χ3v) is 3.92. The second-order valence-corrected chi connectivity index (χ2v) is 5.38. The van der Waals surface area contributed by atoms with E-state index in [4.69, 9.17) is 5.73 Å². The minimum atomic E-state index is -0.315. The fraction of sp³-hybridized carbons (Fsp3) is 0.643. The van der Waals surface area contributed by atoms with Crippen LogP contribution >= 0.6 is 0 Å². The van der Waals surface area contributed by atoms with Crippen LogP contribution in [0, 0.1) is 11.7 Å². The summed E-state index contributed by atoms with van der Waals surface area (Å²) in [6, 6.07) is 1.99. The van der Waals surface area contributed by atoms with Crippen LogP contribution in [0.15, 0.2) is 12.3 Å². The van der Waals surface area contributed by atoms with Crippen LogP contribution in [0.5, 0.6) is 0 Å². The van der Waals surface area contributed by atoms with Gasteiger partial charge in [0.05, 0.1) is 6.20 Å². The maximum atomic E-state index is 13.2. The molecule has 18 heavy (non-hydrogen) atoms. The summed E-state index contributed by atoms with van der Waals surface area (Å²) in [6.45, 7) is 2.62. The summed E-state index contributed by atoms with van der Waals surface area (Å²) in [5.41, 5.74) is 6.47. The first-order chi connectivity index (χ1) is 8.61. The van der Waals surface area contributed by atoms with E-state index in [2.05, 4.69) is 16.8 Å². The normalized spacial score (nSPS) is 24.0. The molecule has 100 valence electrons. The Balaban J connectivity index is 2.19. The van der Waals surface area contributed by atoms with Crippen molar-refractivity contribution in [3.05, 3.63) is 23.6 Å². The van der Waals surface area contributed by atoms with Crippen molar-refractivity contribution < 1.29 is 4.39 Å². The molecule has 1 aliphatic carbocycles. The lowest BCUT2D eigenvalue weighted by Crippen LogP contribution is -2.36. The topological polar surface area (TPSA) is 42.2 Å². The molecule has 1 aromatic heterocycles. The lowest BCUT2D eigenvalue weighted by Gasteiger charge is -2.35. The Labute approximate surface area is 108 Å². The van der Waals surface area contributed by atoms with E-state index in [0.717, 1.165) is 17.3 Å². The molecule has 0 amide bonds. The summed E-state index contributed by atoms with van der Waals surface area (Å²) < 4.78 is 13.2. The number of rotatable bonds is 3. The van der Waals surface area contributed by atoms with E-state index in [1.54, 1.807) is 0 Å². The molecule has 0 saturated heterocycles. The lowest BCUT2D eigenvalue weighted by molar-refractivity contribution is 0.335. The molecule has 0 aliphatic heterocycles. The molecule has 0 radical (unpaired) electrons. The average molecular weight is 251 g/mol. The van der Waals surface area contributed by atoms with Crippen molar-refractivity contribution in [3.8, 4) is 0 Å². The van der Waals surface area contributed by atoms with Gasteiger partial charge in [-0.3, -0.25) is 0 Å². The van der Waals surface area contributed by atoms with E-state index < -0.39 is 0 Å². The van der Waals surface area contributed by atoms with Crippen molar-refractivity contribution in [2.45, 2.75) is 45.2 Å². The van der Waals surface area contributed by atoms with Gasteiger partial charge in [-0.2, -0.15) is 0 Å². The van der Waals surface area contributed by atoms with Crippen LogP contribution < -0.4 is 10.6 Å². The van der Waals surface area contributed by atoms with Gasteiger partial charge >= 0.3 is 0 Å². The highest BCUT2D eigenvalue weighted by Gasteiger charge is 2.24. The summed E-state index contributed by atoms with van der Waals surface area (Å²) >= 11 is 0. The van der Waals surface area contributed by atoms with Crippen LogP contribution in [0.3, 0.4) is 0 Å². The SMILES string of the molecule is CC1CCCC(N(C)c2ncc(F)cc2CN)C1. The smallest absolute Gasteiger partial charge is 0.141 e. The molecule has 4 heteroatoms. The zero-order chi connectivity index (χ0) is 13.1. The largest absolute Gasteiger partial charge is 0.356 e. The number of nitrogens with two attached hydrogens (primary N) is 1. The van der Waals surface area contributed by atoms with E-state index in [-0.39, 0.29) is 5.82 Å². The number of hydrogen-bond donors (Lipinski definition) is 1. The molecule has 0 aromatic carbocycles. The maximum absolute atomic E-state index is 13.2. The Kier molecular flexibility index (Phi) is 4.17. The fourth-order valence-corrected chi connectivity index (χ4v) is 2.87. The van der Waals surface area contributed by atoms with Crippen LogP contribution in [0.25, 0.3) is 0 Å². The van der Waals surface area contributed by atoms with Gasteiger partial charge in [0.15, 0.2) is 0 Å². The van der Waals surface area contributed by atoms with Crippen molar-refractivity contribution in [3.63, 3.8) is 0 Å². The third kappa shape index (κ3) is 2.80. The maximum Gasteiger partial charge on any atom is 0.141 e. The summed E-state index contributed by atoms with van der Waals surface area (Å²) in [6.07, 6.45) is 6.21. The molecule has 1 saturated carbocycles. The van der Waals surface area contributed by atoms with Crippen LogP contribution in [0.1, 0.15) is 38.2 Å². The first kappa shape index (κ1) is 13.3. The minimum Gasteiger partial charge on any atom is -0.356 e. The molecule has 1 heterocycles. The molecule has 2 unspecified atom stereocenters. The molecule has 2 atom stereocenters. The molecular weight excluding hydrogens is 229 g/mol. The van der Waals surface area contributed by atoms with Gasteiger partial charge in [-0.25, -0.2) is 9.37 Å². The number of nitrogens with zero attached hydrogens (tertiary/aromatic N) is 2.